The number of nitrogens with one attached hydrogen (secondary N) is 1. The number of benzene rings is 1. The van der Waals surface area contributed by atoms with E-state index in [1.54, 1.807) is 30.1 Å². The van der Waals surface area contributed by atoms with E-state index in [4.69, 9.17) is 5.73 Å². The first-order valence-corrected chi connectivity index (χ1v) is 5.87. The molecular formula is C13H17N3O3. The SMILES string of the molecule is CCN(C)C(=O)c1cccc(C(=O)NCC(N)=O)c1. The Labute approximate surface area is 111 Å². The Kier molecular flexibility index (Phi) is 5.05. The smallest absolute Gasteiger partial charge is 0.253 e. The van der Waals surface area contributed by atoms with Crippen LogP contribution in [0.1, 0.15) is 27.6 Å². The molecule has 0 heterocycles. The van der Waals surface area contributed by atoms with Crippen molar-refractivity contribution in [3.63, 3.8) is 0 Å². The third-order valence-electron chi connectivity index (χ3n) is 2.62. The molecule has 0 saturated heterocycles. The van der Waals surface area contributed by atoms with Gasteiger partial charge in [-0.3, -0.25) is 14.4 Å². The van der Waals surface area contributed by atoms with Crippen LogP contribution in [-0.2, 0) is 4.79 Å². The fraction of sp³-hybridized carbons (Fsp3) is 0.308. The maximum absolute atomic E-state index is 11.9. The first-order valence-electron chi connectivity index (χ1n) is 5.87. The summed E-state index contributed by atoms with van der Waals surface area (Å²) in [6, 6.07) is 6.32. The summed E-state index contributed by atoms with van der Waals surface area (Å²) in [5.41, 5.74) is 5.68. The predicted molar refractivity (Wildman–Crippen MR) is 70.6 cm³/mol. The van der Waals surface area contributed by atoms with E-state index in [1.807, 2.05) is 6.92 Å². The molecule has 0 atom stereocenters. The van der Waals surface area contributed by atoms with Crippen molar-refractivity contribution in [1.82, 2.24) is 10.2 Å². The molecule has 0 aliphatic rings. The molecule has 3 amide bonds. The van der Waals surface area contributed by atoms with E-state index in [0.29, 0.717) is 17.7 Å². The Hall–Kier alpha value is -2.37. The molecule has 1 aromatic rings. The van der Waals surface area contributed by atoms with Crippen molar-refractivity contribution in [2.75, 3.05) is 20.1 Å². The van der Waals surface area contributed by atoms with Crippen LogP contribution in [0.3, 0.4) is 0 Å². The van der Waals surface area contributed by atoms with Gasteiger partial charge in [0.1, 0.15) is 0 Å². The molecule has 102 valence electrons. The second-order valence-corrected chi connectivity index (χ2v) is 4.05. The molecular weight excluding hydrogens is 246 g/mol. The summed E-state index contributed by atoms with van der Waals surface area (Å²) in [6.45, 7) is 2.21. The van der Waals surface area contributed by atoms with Crippen molar-refractivity contribution in [1.29, 1.82) is 0 Å². The number of hydrogen-bond acceptors (Lipinski definition) is 3. The average Bonchev–Trinajstić information content (AvgIpc) is 2.43. The van der Waals surface area contributed by atoms with E-state index < -0.39 is 11.8 Å². The zero-order valence-corrected chi connectivity index (χ0v) is 11.0. The molecule has 19 heavy (non-hydrogen) atoms. The van der Waals surface area contributed by atoms with Crippen LogP contribution in [0.2, 0.25) is 0 Å². The standard InChI is InChI=1S/C13H17N3O3/c1-3-16(2)13(19)10-6-4-5-9(7-10)12(18)15-8-11(14)17/h4-7H,3,8H2,1-2H3,(H2,14,17)(H,15,18). The Morgan fingerprint density at radius 2 is 1.89 bits per heavy atom. The summed E-state index contributed by atoms with van der Waals surface area (Å²) < 4.78 is 0. The van der Waals surface area contributed by atoms with E-state index in [1.165, 1.54) is 6.07 Å². The van der Waals surface area contributed by atoms with Gasteiger partial charge in [-0.15, -0.1) is 0 Å². The van der Waals surface area contributed by atoms with E-state index in [2.05, 4.69) is 5.32 Å². The molecule has 1 rings (SSSR count). The van der Waals surface area contributed by atoms with Gasteiger partial charge in [0.05, 0.1) is 6.54 Å². The quantitative estimate of drug-likeness (QED) is 0.782. The lowest BCUT2D eigenvalue weighted by molar-refractivity contribution is -0.117. The topological polar surface area (TPSA) is 92.5 Å². The molecule has 0 spiro atoms. The van der Waals surface area contributed by atoms with Crippen molar-refractivity contribution in [3.8, 4) is 0 Å². The number of primary amides is 1. The lowest BCUT2D eigenvalue weighted by Gasteiger charge is -2.14. The number of nitrogens with two attached hydrogens (primary N) is 1. The molecule has 0 fully saturated rings. The third-order valence-corrected chi connectivity index (χ3v) is 2.62. The van der Waals surface area contributed by atoms with Crippen LogP contribution in [0.4, 0.5) is 0 Å². The summed E-state index contributed by atoms with van der Waals surface area (Å²) in [6.07, 6.45) is 0. The summed E-state index contributed by atoms with van der Waals surface area (Å²) in [7, 11) is 1.68. The van der Waals surface area contributed by atoms with Gasteiger partial charge in [-0.1, -0.05) is 6.07 Å². The van der Waals surface area contributed by atoms with Crippen LogP contribution in [0.5, 0.6) is 0 Å². The molecule has 0 aromatic heterocycles. The fourth-order valence-electron chi connectivity index (χ4n) is 1.43. The number of carbonyl (C=O) groups excluding carboxylic acids is 3. The van der Waals surface area contributed by atoms with Gasteiger partial charge in [-0.05, 0) is 25.1 Å². The third kappa shape index (κ3) is 4.09. The fourth-order valence-corrected chi connectivity index (χ4v) is 1.43. The Morgan fingerprint density at radius 1 is 1.26 bits per heavy atom. The number of nitrogens with zero attached hydrogens (tertiary/aromatic N) is 1. The average molecular weight is 263 g/mol. The van der Waals surface area contributed by atoms with Crippen LogP contribution < -0.4 is 11.1 Å². The van der Waals surface area contributed by atoms with Crippen molar-refractivity contribution in [3.05, 3.63) is 35.4 Å². The zero-order valence-electron chi connectivity index (χ0n) is 11.0. The van der Waals surface area contributed by atoms with Crippen LogP contribution in [-0.4, -0.2) is 42.8 Å². The van der Waals surface area contributed by atoms with Crippen LogP contribution >= 0.6 is 0 Å². The van der Waals surface area contributed by atoms with Gasteiger partial charge >= 0.3 is 0 Å². The summed E-state index contributed by atoms with van der Waals surface area (Å²) in [5.74, 6) is -1.22. The Balaban J connectivity index is 2.85. The molecule has 0 bridgehead atoms. The highest BCUT2D eigenvalue weighted by Crippen LogP contribution is 2.07. The van der Waals surface area contributed by atoms with Gasteiger partial charge in [0.25, 0.3) is 11.8 Å². The first kappa shape index (κ1) is 14.7. The monoisotopic (exact) mass is 263 g/mol. The number of carbonyl (C=O) groups is 3. The number of rotatable bonds is 5. The van der Waals surface area contributed by atoms with Gasteiger partial charge in [0.2, 0.25) is 5.91 Å². The first-order chi connectivity index (χ1) is 8.95. The Bertz CT molecular complexity index is 500. The van der Waals surface area contributed by atoms with E-state index in [9.17, 15) is 14.4 Å². The van der Waals surface area contributed by atoms with Gasteiger partial charge in [-0.2, -0.15) is 0 Å². The van der Waals surface area contributed by atoms with Gasteiger partial charge in [0.15, 0.2) is 0 Å². The molecule has 3 N–H and O–H groups in total. The molecule has 6 heteroatoms. The van der Waals surface area contributed by atoms with Crippen molar-refractivity contribution in [2.24, 2.45) is 5.73 Å². The lowest BCUT2D eigenvalue weighted by atomic mass is 10.1. The summed E-state index contributed by atoms with van der Waals surface area (Å²) >= 11 is 0. The molecule has 0 aliphatic carbocycles. The maximum Gasteiger partial charge on any atom is 0.253 e. The summed E-state index contributed by atoms with van der Waals surface area (Å²) in [4.78, 5) is 35.8. The van der Waals surface area contributed by atoms with Crippen LogP contribution in [0.25, 0.3) is 0 Å². The minimum Gasteiger partial charge on any atom is -0.368 e. The van der Waals surface area contributed by atoms with Crippen molar-refractivity contribution < 1.29 is 14.4 Å². The molecule has 0 unspecified atom stereocenters. The van der Waals surface area contributed by atoms with E-state index in [0.717, 1.165) is 0 Å². The summed E-state index contributed by atoms with van der Waals surface area (Å²) in [5, 5.41) is 2.37. The second kappa shape index (κ2) is 6.53. The molecule has 6 nitrogen and oxygen atoms in total. The number of amides is 3. The lowest BCUT2D eigenvalue weighted by Crippen LogP contribution is -2.33. The van der Waals surface area contributed by atoms with Gasteiger partial charge < -0.3 is 16.0 Å². The molecule has 1 aromatic carbocycles. The van der Waals surface area contributed by atoms with Crippen molar-refractivity contribution >= 4 is 17.7 Å². The van der Waals surface area contributed by atoms with Crippen LogP contribution in [0, 0.1) is 0 Å². The minimum absolute atomic E-state index is 0.160. The number of hydrogen-bond donors (Lipinski definition) is 2. The normalized spacial score (nSPS) is 9.79. The maximum atomic E-state index is 11.9. The highest BCUT2D eigenvalue weighted by atomic mass is 16.2. The van der Waals surface area contributed by atoms with Gasteiger partial charge in [0, 0.05) is 24.7 Å². The van der Waals surface area contributed by atoms with E-state index >= 15 is 0 Å². The molecule has 0 saturated carbocycles. The minimum atomic E-state index is -0.619. The van der Waals surface area contributed by atoms with Gasteiger partial charge in [-0.25, -0.2) is 0 Å². The molecule has 0 radical (unpaired) electrons. The highest BCUT2D eigenvalue weighted by molar-refractivity contribution is 6.00. The van der Waals surface area contributed by atoms with Crippen LogP contribution in [0.15, 0.2) is 24.3 Å². The Morgan fingerprint density at radius 3 is 2.47 bits per heavy atom. The second-order valence-electron chi connectivity index (χ2n) is 4.05. The highest BCUT2D eigenvalue weighted by Gasteiger charge is 2.13. The largest absolute Gasteiger partial charge is 0.368 e. The molecule has 0 aliphatic heterocycles. The zero-order chi connectivity index (χ0) is 14.4. The van der Waals surface area contributed by atoms with Crippen molar-refractivity contribution in [2.45, 2.75) is 6.92 Å². The van der Waals surface area contributed by atoms with E-state index in [-0.39, 0.29) is 12.5 Å². The predicted octanol–water partition coefficient (Wildman–Crippen LogP) is -0.00640.